The Hall–Kier alpha value is -2.44. The molecule has 0 unspecified atom stereocenters. The van der Waals surface area contributed by atoms with E-state index in [1.165, 1.54) is 12.1 Å². The first-order valence-electron chi connectivity index (χ1n) is 7.59. The van der Waals surface area contributed by atoms with Crippen molar-refractivity contribution in [3.8, 4) is 23.0 Å². The molecule has 1 aliphatic carbocycles. The Morgan fingerprint density at radius 1 is 0.667 bits per heavy atom. The van der Waals surface area contributed by atoms with Crippen LogP contribution in [0.1, 0.15) is 34.1 Å². The maximum Gasteiger partial charge on any atom is 0.122 e. The van der Waals surface area contributed by atoms with Gasteiger partial charge in [-0.25, -0.2) is 0 Å². The van der Waals surface area contributed by atoms with Crippen molar-refractivity contribution in [1.29, 1.82) is 0 Å². The third-order valence-corrected chi connectivity index (χ3v) is 4.78. The van der Waals surface area contributed by atoms with Gasteiger partial charge in [0.2, 0.25) is 0 Å². The second-order valence-electron chi connectivity index (χ2n) is 6.37. The van der Waals surface area contributed by atoms with Crippen molar-refractivity contribution in [2.75, 3.05) is 0 Å². The summed E-state index contributed by atoms with van der Waals surface area (Å²) >= 11 is 0. The Kier molecular flexibility index (Phi) is 3.81. The summed E-state index contributed by atoms with van der Waals surface area (Å²) in [5.41, 5.74) is 1.45. The molecule has 0 saturated heterocycles. The lowest BCUT2D eigenvalue weighted by molar-refractivity contribution is -0.536. The minimum Gasteiger partial charge on any atom is -0.851 e. The van der Waals surface area contributed by atoms with Gasteiger partial charge in [0.25, 0.3) is 0 Å². The van der Waals surface area contributed by atoms with Gasteiger partial charge in [-0.05, 0) is 60.1 Å². The molecule has 1 aliphatic rings. The van der Waals surface area contributed by atoms with E-state index < -0.39 is 24.0 Å². The summed E-state index contributed by atoms with van der Waals surface area (Å²) in [7, 11) is 0. The van der Waals surface area contributed by atoms with Gasteiger partial charge in [-0.3, -0.25) is 0 Å². The lowest BCUT2D eigenvalue weighted by Crippen LogP contribution is -2.63. The maximum atomic E-state index is 12.7. The quantitative estimate of drug-likeness (QED) is 0.634. The molecule has 2 aromatic rings. The van der Waals surface area contributed by atoms with Crippen molar-refractivity contribution in [3.05, 3.63) is 46.5 Å². The van der Waals surface area contributed by atoms with Crippen LogP contribution in [0, 0.1) is 13.8 Å². The molecule has 0 spiro atoms. The molecule has 0 aromatic heterocycles. The summed E-state index contributed by atoms with van der Waals surface area (Å²) in [5, 5.41) is 64.4. The van der Waals surface area contributed by atoms with Gasteiger partial charge in [0, 0.05) is 12.1 Å². The van der Waals surface area contributed by atoms with Crippen LogP contribution in [0.3, 0.4) is 0 Å². The van der Waals surface area contributed by atoms with Crippen LogP contribution in [0.2, 0.25) is 0 Å². The molecule has 24 heavy (non-hydrogen) atoms. The summed E-state index contributed by atoms with van der Waals surface area (Å²) in [6.45, 7) is 3.23. The minimum absolute atomic E-state index is 0.137. The summed E-state index contributed by atoms with van der Waals surface area (Å²) < 4.78 is 0. The Morgan fingerprint density at radius 2 is 1.00 bits per heavy atom. The molecule has 1 saturated carbocycles. The van der Waals surface area contributed by atoms with Crippen molar-refractivity contribution in [3.63, 3.8) is 0 Å². The van der Waals surface area contributed by atoms with E-state index in [1.54, 1.807) is 13.8 Å². The molecule has 0 radical (unpaired) electrons. The van der Waals surface area contributed by atoms with E-state index in [-0.39, 0.29) is 34.1 Å². The van der Waals surface area contributed by atoms with Crippen LogP contribution in [0.4, 0.5) is 0 Å². The van der Waals surface area contributed by atoms with Crippen LogP contribution in [0.25, 0.3) is 0 Å². The topological polar surface area (TPSA) is 127 Å². The standard InChI is InChI=1S/C18H18O6/c1-7-3-9(19)5-11(21)13(7)15-17(23)16(18(15)24)14-8(2)4-10(20)6-12(14)22/h3-6,15-22H,1-2H3/q-2. The first kappa shape index (κ1) is 16.4. The van der Waals surface area contributed by atoms with Crippen molar-refractivity contribution >= 4 is 0 Å². The number of hydrogen-bond donors (Lipinski definition) is 4. The average Bonchev–Trinajstić information content (AvgIpc) is 2.46. The molecule has 6 nitrogen and oxygen atoms in total. The second kappa shape index (κ2) is 5.58. The fourth-order valence-electron chi connectivity index (χ4n) is 3.72. The van der Waals surface area contributed by atoms with E-state index >= 15 is 0 Å². The number of aromatic hydroxyl groups is 4. The zero-order valence-corrected chi connectivity index (χ0v) is 13.2. The number of rotatable bonds is 2. The largest absolute Gasteiger partial charge is 0.851 e. The van der Waals surface area contributed by atoms with Gasteiger partial charge >= 0.3 is 0 Å². The van der Waals surface area contributed by atoms with Gasteiger partial charge in [-0.1, -0.05) is 0 Å². The predicted octanol–water partition coefficient (Wildman–Crippen LogP) is 0.465. The fraction of sp³-hybridized carbons (Fsp3) is 0.333. The zero-order chi connectivity index (χ0) is 17.8. The average molecular weight is 330 g/mol. The highest BCUT2D eigenvalue weighted by atomic mass is 16.3. The van der Waals surface area contributed by atoms with Crippen LogP contribution in [0.5, 0.6) is 23.0 Å². The lowest BCUT2D eigenvalue weighted by Gasteiger charge is -2.62. The summed E-state index contributed by atoms with van der Waals surface area (Å²) in [6.07, 6.45) is -2.67. The van der Waals surface area contributed by atoms with Crippen LogP contribution in [0.15, 0.2) is 24.3 Å². The third kappa shape index (κ3) is 2.35. The fourth-order valence-corrected chi connectivity index (χ4v) is 3.72. The number of benzene rings is 2. The smallest absolute Gasteiger partial charge is 0.122 e. The highest BCUT2D eigenvalue weighted by Crippen LogP contribution is 2.51. The molecule has 0 amide bonds. The molecule has 0 heterocycles. The lowest BCUT2D eigenvalue weighted by atomic mass is 9.61. The van der Waals surface area contributed by atoms with Crippen LogP contribution in [-0.4, -0.2) is 32.6 Å². The van der Waals surface area contributed by atoms with Gasteiger partial charge < -0.3 is 30.6 Å². The summed E-state index contributed by atoms with van der Waals surface area (Å²) in [4.78, 5) is 0. The Labute approximate surface area is 138 Å². The highest BCUT2D eigenvalue weighted by Gasteiger charge is 2.42. The molecule has 6 heteroatoms. The van der Waals surface area contributed by atoms with E-state index in [0.29, 0.717) is 11.1 Å². The van der Waals surface area contributed by atoms with E-state index in [9.17, 15) is 30.6 Å². The van der Waals surface area contributed by atoms with E-state index in [1.807, 2.05) is 0 Å². The maximum absolute atomic E-state index is 12.7. The van der Waals surface area contributed by atoms with Crippen molar-refractivity contribution in [2.45, 2.75) is 37.9 Å². The molecule has 0 aliphatic heterocycles. The van der Waals surface area contributed by atoms with Gasteiger partial charge in [-0.2, -0.15) is 0 Å². The summed E-state index contributed by atoms with van der Waals surface area (Å²) in [6, 6.07) is 5.01. The minimum atomic E-state index is -1.34. The second-order valence-corrected chi connectivity index (χ2v) is 6.37. The monoisotopic (exact) mass is 330 g/mol. The van der Waals surface area contributed by atoms with Crippen LogP contribution in [-0.2, 0) is 0 Å². The Bertz CT molecular complexity index is 679. The van der Waals surface area contributed by atoms with E-state index in [0.717, 1.165) is 12.1 Å². The number of phenols is 4. The molecule has 1 fully saturated rings. The first-order valence-corrected chi connectivity index (χ1v) is 7.59. The molecule has 3 rings (SSSR count). The van der Waals surface area contributed by atoms with E-state index in [4.69, 9.17) is 0 Å². The Morgan fingerprint density at radius 3 is 1.29 bits per heavy atom. The van der Waals surface area contributed by atoms with Crippen molar-refractivity contribution in [1.82, 2.24) is 0 Å². The number of hydrogen-bond acceptors (Lipinski definition) is 6. The first-order chi connectivity index (χ1) is 11.2. The normalized spacial score (nSPS) is 26.2. The molecule has 2 aromatic carbocycles. The third-order valence-electron chi connectivity index (χ3n) is 4.78. The molecular weight excluding hydrogens is 312 g/mol. The number of phenolic OH excluding ortho intramolecular Hbond substituents is 4. The predicted molar refractivity (Wildman–Crippen MR) is 82.1 cm³/mol. The SMILES string of the molecule is Cc1cc(O)cc(O)c1C1C([O-])C(c2c(C)cc(O)cc2O)C1[O-]. The highest BCUT2D eigenvalue weighted by molar-refractivity contribution is 5.53. The van der Waals surface area contributed by atoms with Gasteiger partial charge in [0.05, 0.1) is 0 Å². The van der Waals surface area contributed by atoms with Gasteiger partial charge in [-0.15, -0.1) is 12.2 Å². The molecule has 4 N–H and O–H groups in total. The van der Waals surface area contributed by atoms with Gasteiger partial charge in [0.1, 0.15) is 23.0 Å². The van der Waals surface area contributed by atoms with Crippen molar-refractivity contribution in [2.24, 2.45) is 0 Å². The van der Waals surface area contributed by atoms with E-state index in [2.05, 4.69) is 0 Å². The zero-order valence-electron chi connectivity index (χ0n) is 13.2. The molecule has 0 bridgehead atoms. The van der Waals surface area contributed by atoms with Crippen molar-refractivity contribution < 1.29 is 30.6 Å². The molecule has 0 atom stereocenters. The van der Waals surface area contributed by atoms with Gasteiger partial charge in [0.15, 0.2) is 0 Å². The summed E-state index contributed by atoms with van der Waals surface area (Å²) in [5.74, 6) is -2.73. The molecule has 128 valence electrons. The van der Waals surface area contributed by atoms with Crippen LogP contribution >= 0.6 is 0 Å². The Balaban J connectivity index is 2.00. The molecular formula is C18H18O6-2. The number of aryl methyl sites for hydroxylation is 2. The van der Waals surface area contributed by atoms with Crippen LogP contribution < -0.4 is 10.2 Å².